The summed E-state index contributed by atoms with van der Waals surface area (Å²) in [7, 11) is 0. The van der Waals surface area contributed by atoms with E-state index in [0.717, 1.165) is 32.2 Å². The Bertz CT molecular complexity index is 281. The molecule has 2 heterocycles. The van der Waals surface area contributed by atoms with Crippen molar-refractivity contribution in [3.05, 3.63) is 0 Å². The molecule has 2 atom stereocenters. The Hall–Kier alpha value is -0.680. The van der Waals surface area contributed by atoms with Crippen LogP contribution in [0.2, 0.25) is 0 Å². The van der Waals surface area contributed by atoms with E-state index < -0.39 is 0 Å². The molecule has 2 aliphatic rings. The predicted molar refractivity (Wildman–Crippen MR) is 60.5 cm³/mol. The highest BCUT2D eigenvalue weighted by Gasteiger charge is 2.38. The summed E-state index contributed by atoms with van der Waals surface area (Å²) in [5.41, 5.74) is 5.71. The lowest BCUT2D eigenvalue weighted by atomic mass is 9.99. The van der Waals surface area contributed by atoms with Gasteiger partial charge in [-0.3, -0.25) is 9.69 Å². The molecule has 0 aromatic heterocycles. The second-order valence-corrected chi connectivity index (χ2v) is 4.60. The lowest BCUT2D eigenvalue weighted by Gasteiger charge is -2.37. The molecule has 0 bridgehead atoms. The first-order valence-corrected chi connectivity index (χ1v) is 5.82. The molecule has 0 aromatic rings. The molecular weight excluding hydrogens is 212 g/mol. The van der Waals surface area contributed by atoms with Gasteiger partial charge in [0.15, 0.2) is 0 Å². The van der Waals surface area contributed by atoms with E-state index in [4.69, 9.17) is 22.7 Å². The molecule has 15 heavy (non-hydrogen) atoms. The van der Waals surface area contributed by atoms with E-state index in [9.17, 15) is 4.79 Å². The SMILES string of the molecule is NC(=S)C1CCCCN1C1CCOC1=O. The van der Waals surface area contributed by atoms with Gasteiger partial charge in [0.05, 0.1) is 17.6 Å². The van der Waals surface area contributed by atoms with Crippen molar-refractivity contribution in [2.75, 3.05) is 13.2 Å². The maximum atomic E-state index is 11.5. The minimum Gasteiger partial charge on any atom is -0.464 e. The van der Waals surface area contributed by atoms with E-state index in [0.29, 0.717) is 11.6 Å². The van der Waals surface area contributed by atoms with Crippen LogP contribution in [0.3, 0.4) is 0 Å². The zero-order valence-corrected chi connectivity index (χ0v) is 9.46. The van der Waals surface area contributed by atoms with Gasteiger partial charge in [0.25, 0.3) is 0 Å². The number of carbonyl (C=O) groups excluding carboxylic acids is 1. The second kappa shape index (κ2) is 4.45. The van der Waals surface area contributed by atoms with Crippen LogP contribution in [0, 0.1) is 0 Å². The average Bonchev–Trinajstić information content (AvgIpc) is 2.64. The first-order chi connectivity index (χ1) is 7.20. The van der Waals surface area contributed by atoms with E-state index in [1.807, 2.05) is 0 Å². The van der Waals surface area contributed by atoms with Crippen LogP contribution in [0.4, 0.5) is 0 Å². The third-order valence-electron chi connectivity index (χ3n) is 3.18. The summed E-state index contributed by atoms with van der Waals surface area (Å²) in [6.45, 7) is 1.44. The van der Waals surface area contributed by atoms with Crippen LogP contribution < -0.4 is 5.73 Å². The normalized spacial score (nSPS) is 32.7. The first kappa shape index (κ1) is 10.8. The van der Waals surface area contributed by atoms with E-state index in [1.54, 1.807) is 0 Å². The largest absolute Gasteiger partial charge is 0.464 e. The summed E-state index contributed by atoms with van der Waals surface area (Å²) < 4.78 is 4.98. The molecule has 0 amide bonds. The fourth-order valence-electron chi connectivity index (χ4n) is 2.42. The fraction of sp³-hybridized carbons (Fsp3) is 0.800. The minimum atomic E-state index is -0.114. The summed E-state index contributed by atoms with van der Waals surface area (Å²) in [6.07, 6.45) is 4.00. The molecule has 84 valence electrons. The number of ether oxygens (including phenoxy) is 1. The number of cyclic esters (lactones) is 1. The number of nitrogens with zero attached hydrogens (tertiary/aromatic N) is 1. The third-order valence-corrected chi connectivity index (χ3v) is 3.45. The molecule has 0 saturated carbocycles. The summed E-state index contributed by atoms with van der Waals surface area (Å²) in [5.74, 6) is -0.113. The Morgan fingerprint density at radius 3 is 2.87 bits per heavy atom. The molecule has 0 radical (unpaired) electrons. The van der Waals surface area contributed by atoms with E-state index in [-0.39, 0.29) is 18.1 Å². The van der Waals surface area contributed by atoms with E-state index in [1.165, 1.54) is 0 Å². The molecule has 2 N–H and O–H groups in total. The molecule has 2 aliphatic heterocycles. The van der Waals surface area contributed by atoms with Crippen LogP contribution in [-0.4, -0.2) is 41.1 Å². The van der Waals surface area contributed by atoms with Gasteiger partial charge in [-0.25, -0.2) is 0 Å². The van der Waals surface area contributed by atoms with Crippen LogP contribution in [0.25, 0.3) is 0 Å². The molecule has 2 fully saturated rings. The zero-order valence-electron chi connectivity index (χ0n) is 8.65. The van der Waals surface area contributed by atoms with Crippen LogP contribution in [0.5, 0.6) is 0 Å². The summed E-state index contributed by atoms with van der Waals surface area (Å²) in [4.78, 5) is 14.1. The van der Waals surface area contributed by atoms with Gasteiger partial charge in [-0.15, -0.1) is 0 Å². The van der Waals surface area contributed by atoms with Crippen molar-refractivity contribution in [2.45, 2.75) is 37.8 Å². The zero-order chi connectivity index (χ0) is 10.8. The van der Waals surface area contributed by atoms with Crippen molar-refractivity contribution in [1.29, 1.82) is 0 Å². The van der Waals surface area contributed by atoms with Crippen molar-refractivity contribution in [2.24, 2.45) is 5.73 Å². The highest BCUT2D eigenvalue weighted by atomic mass is 32.1. The average molecular weight is 228 g/mol. The monoisotopic (exact) mass is 228 g/mol. The molecule has 5 heteroatoms. The Morgan fingerprint density at radius 1 is 1.47 bits per heavy atom. The second-order valence-electron chi connectivity index (χ2n) is 4.12. The molecule has 2 saturated heterocycles. The molecule has 0 aliphatic carbocycles. The van der Waals surface area contributed by atoms with E-state index in [2.05, 4.69) is 4.90 Å². The van der Waals surface area contributed by atoms with Crippen molar-refractivity contribution in [3.8, 4) is 0 Å². The highest BCUT2D eigenvalue weighted by molar-refractivity contribution is 7.80. The van der Waals surface area contributed by atoms with Gasteiger partial charge in [0.1, 0.15) is 6.04 Å². The molecule has 4 nitrogen and oxygen atoms in total. The maximum Gasteiger partial charge on any atom is 0.323 e. The standard InChI is InChI=1S/C10H16N2O2S/c11-9(15)7-3-1-2-5-12(7)8-4-6-14-10(8)13/h7-8H,1-6H2,(H2,11,15). The Morgan fingerprint density at radius 2 is 2.27 bits per heavy atom. The number of piperidine rings is 1. The van der Waals surface area contributed by atoms with Gasteiger partial charge < -0.3 is 10.5 Å². The number of hydrogen-bond donors (Lipinski definition) is 1. The summed E-state index contributed by atoms with van der Waals surface area (Å²) in [5, 5.41) is 0. The summed E-state index contributed by atoms with van der Waals surface area (Å²) >= 11 is 5.05. The van der Waals surface area contributed by atoms with Crippen molar-refractivity contribution >= 4 is 23.2 Å². The van der Waals surface area contributed by atoms with Gasteiger partial charge in [0, 0.05) is 6.42 Å². The maximum absolute atomic E-state index is 11.5. The molecule has 0 spiro atoms. The number of thiocarbonyl (C=S) groups is 1. The molecular formula is C10H16N2O2S. The smallest absolute Gasteiger partial charge is 0.323 e. The van der Waals surface area contributed by atoms with Gasteiger partial charge in [-0.1, -0.05) is 18.6 Å². The Labute approximate surface area is 94.7 Å². The van der Waals surface area contributed by atoms with Crippen LogP contribution in [0.15, 0.2) is 0 Å². The summed E-state index contributed by atoms with van der Waals surface area (Å²) in [6, 6.07) is -0.0267. The lowest BCUT2D eigenvalue weighted by molar-refractivity contribution is -0.143. The van der Waals surface area contributed by atoms with Crippen molar-refractivity contribution in [3.63, 3.8) is 0 Å². The van der Waals surface area contributed by atoms with Gasteiger partial charge in [0.2, 0.25) is 0 Å². The van der Waals surface area contributed by atoms with Gasteiger partial charge in [-0.2, -0.15) is 0 Å². The number of nitrogens with two attached hydrogens (primary N) is 1. The minimum absolute atomic E-state index is 0.0874. The highest BCUT2D eigenvalue weighted by Crippen LogP contribution is 2.24. The lowest BCUT2D eigenvalue weighted by Crippen LogP contribution is -2.53. The number of hydrogen-bond acceptors (Lipinski definition) is 4. The van der Waals surface area contributed by atoms with Crippen LogP contribution in [0.1, 0.15) is 25.7 Å². The first-order valence-electron chi connectivity index (χ1n) is 5.42. The van der Waals surface area contributed by atoms with Gasteiger partial charge in [-0.05, 0) is 19.4 Å². The predicted octanol–water partition coefficient (Wildman–Crippen LogP) is 0.443. The number of esters is 1. The quantitative estimate of drug-likeness (QED) is 0.549. The molecule has 2 rings (SSSR count). The Balaban J connectivity index is 2.10. The van der Waals surface area contributed by atoms with Crippen LogP contribution in [-0.2, 0) is 9.53 Å². The number of carbonyl (C=O) groups is 1. The van der Waals surface area contributed by atoms with Crippen molar-refractivity contribution < 1.29 is 9.53 Å². The van der Waals surface area contributed by atoms with Crippen molar-refractivity contribution in [1.82, 2.24) is 4.90 Å². The Kier molecular flexibility index (Phi) is 3.21. The third kappa shape index (κ3) is 2.13. The fourth-order valence-corrected chi connectivity index (χ4v) is 2.67. The van der Waals surface area contributed by atoms with Crippen LogP contribution >= 0.6 is 12.2 Å². The number of rotatable bonds is 2. The van der Waals surface area contributed by atoms with E-state index >= 15 is 0 Å². The molecule has 2 unspecified atom stereocenters. The topological polar surface area (TPSA) is 55.6 Å². The molecule has 0 aromatic carbocycles. The van der Waals surface area contributed by atoms with Gasteiger partial charge >= 0.3 is 5.97 Å². The number of likely N-dealkylation sites (tertiary alicyclic amines) is 1.